The Morgan fingerprint density at radius 1 is 1.25 bits per heavy atom. The van der Waals surface area contributed by atoms with Crippen molar-refractivity contribution in [2.75, 3.05) is 7.05 Å². The van der Waals surface area contributed by atoms with Crippen molar-refractivity contribution in [2.24, 2.45) is 0 Å². The SMILES string of the molecule is CN1Cc2ccc(-c3ccc4[nH]cnc4c3)nc2C1=O. The van der Waals surface area contributed by atoms with Crippen LogP contribution in [-0.2, 0) is 6.54 Å². The standard InChI is InChI=1S/C15H12N4O/c1-19-7-10-3-4-11(18-14(10)15(19)20)9-2-5-12-13(6-9)17-8-16-12/h2-6,8H,7H2,1H3,(H,16,17). The maximum Gasteiger partial charge on any atom is 0.272 e. The lowest BCUT2D eigenvalue weighted by Gasteiger charge is -2.04. The van der Waals surface area contributed by atoms with Crippen LogP contribution in [0.2, 0.25) is 0 Å². The molecule has 1 aromatic carbocycles. The molecule has 0 aliphatic carbocycles. The van der Waals surface area contributed by atoms with Crippen molar-refractivity contribution in [2.45, 2.75) is 6.54 Å². The van der Waals surface area contributed by atoms with Gasteiger partial charge >= 0.3 is 0 Å². The summed E-state index contributed by atoms with van der Waals surface area (Å²) in [6.45, 7) is 0.639. The Kier molecular flexibility index (Phi) is 2.18. The fraction of sp³-hybridized carbons (Fsp3) is 0.133. The molecule has 2 aromatic heterocycles. The molecule has 1 amide bonds. The summed E-state index contributed by atoms with van der Waals surface area (Å²) in [5, 5.41) is 0. The summed E-state index contributed by atoms with van der Waals surface area (Å²) in [5.41, 5.74) is 5.21. The first-order valence-electron chi connectivity index (χ1n) is 6.41. The van der Waals surface area contributed by atoms with Gasteiger partial charge in [-0.2, -0.15) is 0 Å². The van der Waals surface area contributed by atoms with Gasteiger partial charge in [0, 0.05) is 24.7 Å². The zero-order valence-corrected chi connectivity index (χ0v) is 10.9. The molecule has 3 aromatic rings. The monoisotopic (exact) mass is 264 g/mol. The average Bonchev–Trinajstić information content (AvgIpc) is 3.03. The van der Waals surface area contributed by atoms with E-state index in [9.17, 15) is 4.79 Å². The highest BCUT2D eigenvalue weighted by Gasteiger charge is 2.26. The molecule has 0 unspecified atom stereocenters. The number of carbonyl (C=O) groups excluding carboxylic acids is 1. The zero-order chi connectivity index (χ0) is 13.7. The van der Waals surface area contributed by atoms with Gasteiger partial charge in [-0.05, 0) is 18.2 Å². The fourth-order valence-electron chi connectivity index (χ4n) is 2.56. The largest absolute Gasteiger partial charge is 0.345 e. The van der Waals surface area contributed by atoms with Gasteiger partial charge in [0.05, 0.1) is 23.1 Å². The van der Waals surface area contributed by atoms with E-state index in [4.69, 9.17) is 0 Å². The van der Waals surface area contributed by atoms with Gasteiger partial charge in [-0.1, -0.05) is 12.1 Å². The summed E-state index contributed by atoms with van der Waals surface area (Å²) in [4.78, 5) is 25.5. The highest BCUT2D eigenvalue weighted by atomic mass is 16.2. The number of rotatable bonds is 1. The second-order valence-electron chi connectivity index (χ2n) is 5.00. The second-order valence-corrected chi connectivity index (χ2v) is 5.00. The second kappa shape index (κ2) is 3.90. The van der Waals surface area contributed by atoms with Crippen molar-refractivity contribution >= 4 is 16.9 Å². The van der Waals surface area contributed by atoms with Crippen molar-refractivity contribution in [3.8, 4) is 11.3 Å². The third-order valence-electron chi connectivity index (χ3n) is 3.65. The molecule has 0 saturated carbocycles. The number of aromatic amines is 1. The van der Waals surface area contributed by atoms with Crippen LogP contribution in [0.15, 0.2) is 36.7 Å². The molecule has 0 spiro atoms. The van der Waals surface area contributed by atoms with Gasteiger partial charge in [0.25, 0.3) is 5.91 Å². The number of nitrogens with one attached hydrogen (secondary N) is 1. The van der Waals surface area contributed by atoms with Crippen LogP contribution in [0.3, 0.4) is 0 Å². The van der Waals surface area contributed by atoms with E-state index in [1.54, 1.807) is 18.3 Å². The van der Waals surface area contributed by atoms with E-state index in [0.717, 1.165) is 27.9 Å². The summed E-state index contributed by atoms with van der Waals surface area (Å²) in [7, 11) is 1.79. The molecule has 98 valence electrons. The van der Waals surface area contributed by atoms with Crippen LogP contribution >= 0.6 is 0 Å². The average molecular weight is 264 g/mol. The number of fused-ring (bicyclic) bond motifs is 2. The topological polar surface area (TPSA) is 61.9 Å². The van der Waals surface area contributed by atoms with Crippen LogP contribution in [0.25, 0.3) is 22.3 Å². The van der Waals surface area contributed by atoms with Crippen LogP contribution in [0, 0.1) is 0 Å². The van der Waals surface area contributed by atoms with Crippen LogP contribution in [-0.4, -0.2) is 32.8 Å². The van der Waals surface area contributed by atoms with E-state index in [1.807, 2.05) is 30.3 Å². The summed E-state index contributed by atoms with van der Waals surface area (Å²) in [6.07, 6.45) is 1.67. The number of aromatic nitrogens is 3. The van der Waals surface area contributed by atoms with Gasteiger partial charge in [-0.25, -0.2) is 9.97 Å². The highest BCUT2D eigenvalue weighted by Crippen LogP contribution is 2.26. The number of pyridine rings is 1. The minimum absolute atomic E-state index is 0.0114. The number of imidazole rings is 1. The van der Waals surface area contributed by atoms with E-state index in [2.05, 4.69) is 15.0 Å². The minimum atomic E-state index is -0.0114. The Morgan fingerprint density at radius 3 is 3.05 bits per heavy atom. The quantitative estimate of drug-likeness (QED) is 0.733. The van der Waals surface area contributed by atoms with E-state index in [1.165, 1.54) is 0 Å². The van der Waals surface area contributed by atoms with Crippen molar-refractivity contribution in [1.82, 2.24) is 19.9 Å². The lowest BCUT2D eigenvalue weighted by atomic mass is 10.1. The van der Waals surface area contributed by atoms with E-state index < -0.39 is 0 Å². The molecular weight excluding hydrogens is 252 g/mol. The molecule has 0 fully saturated rings. The normalized spacial score (nSPS) is 14.1. The maximum absolute atomic E-state index is 12.0. The summed E-state index contributed by atoms with van der Waals surface area (Å²) in [6, 6.07) is 9.87. The molecule has 5 nitrogen and oxygen atoms in total. The number of nitrogens with zero attached hydrogens (tertiary/aromatic N) is 3. The van der Waals surface area contributed by atoms with Crippen LogP contribution < -0.4 is 0 Å². The maximum atomic E-state index is 12.0. The van der Waals surface area contributed by atoms with Crippen molar-refractivity contribution < 1.29 is 4.79 Å². The molecule has 0 atom stereocenters. The van der Waals surface area contributed by atoms with Gasteiger partial charge in [0.2, 0.25) is 0 Å². The Morgan fingerprint density at radius 2 is 2.15 bits per heavy atom. The lowest BCUT2D eigenvalue weighted by Crippen LogP contribution is -2.18. The van der Waals surface area contributed by atoms with Crippen LogP contribution in [0.1, 0.15) is 16.1 Å². The Balaban J connectivity index is 1.85. The molecule has 1 N–H and O–H groups in total. The predicted octanol–water partition coefficient (Wildman–Crippen LogP) is 2.21. The Labute approximate surface area is 115 Å². The summed E-state index contributed by atoms with van der Waals surface area (Å²) in [5.74, 6) is -0.0114. The molecular formula is C15H12N4O. The summed E-state index contributed by atoms with van der Waals surface area (Å²) < 4.78 is 0. The molecule has 4 rings (SSSR count). The van der Waals surface area contributed by atoms with Gasteiger partial charge in [-0.15, -0.1) is 0 Å². The van der Waals surface area contributed by atoms with Gasteiger partial charge in [0.1, 0.15) is 5.69 Å². The summed E-state index contributed by atoms with van der Waals surface area (Å²) >= 11 is 0. The van der Waals surface area contributed by atoms with Crippen LogP contribution in [0.5, 0.6) is 0 Å². The van der Waals surface area contributed by atoms with Crippen LogP contribution in [0.4, 0.5) is 0 Å². The first-order chi connectivity index (χ1) is 9.72. The molecule has 0 radical (unpaired) electrons. The molecule has 1 aliphatic heterocycles. The lowest BCUT2D eigenvalue weighted by molar-refractivity contribution is 0.0812. The first kappa shape index (κ1) is 11.2. The van der Waals surface area contributed by atoms with Crippen molar-refractivity contribution in [1.29, 1.82) is 0 Å². The molecule has 0 bridgehead atoms. The van der Waals surface area contributed by atoms with E-state index in [0.29, 0.717) is 12.2 Å². The number of hydrogen-bond donors (Lipinski definition) is 1. The molecule has 0 saturated heterocycles. The number of benzene rings is 1. The van der Waals surface area contributed by atoms with E-state index in [-0.39, 0.29) is 5.91 Å². The third-order valence-corrected chi connectivity index (χ3v) is 3.65. The molecule has 20 heavy (non-hydrogen) atoms. The highest BCUT2D eigenvalue weighted by molar-refractivity contribution is 5.96. The van der Waals surface area contributed by atoms with Gasteiger partial charge in [0.15, 0.2) is 0 Å². The van der Waals surface area contributed by atoms with Crippen molar-refractivity contribution in [3.05, 3.63) is 47.9 Å². The van der Waals surface area contributed by atoms with E-state index >= 15 is 0 Å². The fourth-order valence-corrected chi connectivity index (χ4v) is 2.56. The Bertz CT molecular complexity index is 837. The minimum Gasteiger partial charge on any atom is -0.345 e. The third kappa shape index (κ3) is 1.53. The number of hydrogen-bond acceptors (Lipinski definition) is 3. The number of H-pyrrole nitrogens is 1. The van der Waals surface area contributed by atoms with Gasteiger partial charge < -0.3 is 9.88 Å². The van der Waals surface area contributed by atoms with Crippen molar-refractivity contribution in [3.63, 3.8) is 0 Å². The first-order valence-corrected chi connectivity index (χ1v) is 6.41. The zero-order valence-electron chi connectivity index (χ0n) is 10.9. The number of amides is 1. The predicted molar refractivity (Wildman–Crippen MR) is 75.1 cm³/mol. The Hall–Kier alpha value is -2.69. The molecule has 3 heterocycles. The molecule has 5 heteroatoms. The molecule has 1 aliphatic rings. The number of carbonyl (C=O) groups is 1. The smallest absolute Gasteiger partial charge is 0.272 e. The van der Waals surface area contributed by atoms with Gasteiger partial charge in [-0.3, -0.25) is 4.79 Å².